The number of hydrogen-bond acceptors (Lipinski definition) is 2. The normalized spacial score (nSPS) is 31.2. The van der Waals surface area contributed by atoms with Crippen molar-refractivity contribution in [3.8, 4) is 0 Å². The first kappa shape index (κ1) is 10.1. The Balaban J connectivity index is 2.62. The molecule has 0 fully saturated rings. The maximum atomic E-state index is 12.0. The van der Waals surface area contributed by atoms with Crippen LogP contribution in [0, 0.1) is 0 Å². The van der Waals surface area contributed by atoms with E-state index in [0.717, 1.165) is 16.9 Å². The Kier molecular flexibility index (Phi) is 2.64. The molecule has 0 bridgehead atoms. The lowest BCUT2D eigenvalue weighted by molar-refractivity contribution is 0.592. The molecule has 1 aromatic rings. The molecular weight excluding hydrogens is 218 g/mol. The molecule has 14 heavy (non-hydrogen) atoms. The van der Waals surface area contributed by atoms with Gasteiger partial charge >= 0.3 is 0 Å². The van der Waals surface area contributed by atoms with E-state index in [1.54, 1.807) is 6.07 Å². The summed E-state index contributed by atoms with van der Waals surface area (Å²) in [6, 6.07) is 5.50. The number of nitrogens with two attached hydrogens (primary N) is 1. The number of halogens is 1. The Labute approximate surface area is 90.9 Å². The van der Waals surface area contributed by atoms with Gasteiger partial charge in [-0.1, -0.05) is 30.7 Å². The fourth-order valence-electron chi connectivity index (χ4n) is 1.80. The van der Waals surface area contributed by atoms with E-state index in [4.69, 9.17) is 17.3 Å². The van der Waals surface area contributed by atoms with Crippen molar-refractivity contribution in [3.63, 3.8) is 0 Å². The van der Waals surface area contributed by atoms with Crippen LogP contribution in [0.5, 0.6) is 0 Å². The Hall–Kier alpha value is -0.380. The smallest absolute Gasteiger partial charge is 0.0624 e. The molecule has 0 spiro atoms. The lowest BCUT2D eigenvalue weighted by Crippen LogP contribution is -2.27. The third kappa shape index (κ3) is 1.49. The molecule has 2 nitrogen and oxygen atoms in total. The van der Waals surface area contributed by atoms with Crippen LogP contribution in [0.2, 0.25) is 5.02 Å². The molecule has 3 atom stereocenters. The topological polar surface area (TPSA) is 43.1 Å². The van der Waals surface area contributed by atoms with Crippen LogP contribution in [0.15, 0.2) is 23.1 Å². The van der Waals surface area contributed by atoms with Crippen LogP contribution >= 0.6 is 11.6 Å². The summed E-state index contributed by atoms with van der Waals surface area (Å²) in [4.78, 5) is 0.736. The van der Waals surface area contributed by atoms with E-state index < -0.39 is 10.8 Å². The maximum Gasteiger partial charge on any atom is 0.0624 e. The minimum atomic E-state index is -1.00. The van der Waals surface area contributed by atoms with Crippen LogP contribution in [0.3, 0.4) is 0 Å². The molecule has 0 aliphatic carbocycles. The van der Waals surface area contributed by atoms with E-state index in [1.165, 1.54) is 0 Å². The Morgan fingerprint density at radius 1 is 1.57 bits per heavy atom. The van der Waals surface area contributed by atoms with Crippen molar-refractivity contribution >= 4 is 22.4 Å². The van der Waals surface area contributed by atoms with Gasteiger partial charge in [-0.15, -0.1) is 0 Å². The molecule has 2 N–H and O–H groups in total. The van der Waals surface area contributed by atoms with Crippen molar-refractivity contribution in [2.24, 2.45) is 5.73 Å². The van der Waals surface area contributed by atoms with Crippen LogP contribution < -0.4 is 5.73 Å². The first-order chi connectivity index (χ1) is 6.61. The summed E-state index contributed by atoms with van der Waals surface area (Å²) in [5, 5.41) is 0.667. The zero-order valence-electron chi connectivity index (χ0n) is 7.87. The minimum Gasteiger partial charge on any atom is -0.324 e. The maximum absolute atomic E-state index is 12.0. The van der Waals surface area contributed by atoms with Crippen molar-refractivity contribution in [3.05, 3.63) is 28.8 Å². The molecule has 1 heterocycles. The molecule has 0 saturated carbocycles. The largest absolute Gasteiger partial charge is 0.324 e. The second kappa shape index (κ2) is 3.65. The van der Waals surface area contributed by atoms with Gasteiger partial charge in [-0.05, 0) is 18.1 Å². The van der Waals surface area contributed by atoms with Gasteiger partial charge in [0.1, 0.15) is 0 Å². The average molecular weight is 230 g/mol. The van der Waals surface area contributed by atoms with Crippen molar-refractivity contribution in [1.82, 2.24) is 0 Å². The second-order valence-electron chi connectivity index (χ2n) is 3.61. The highest BCUT2D eigenvalue weighted by atomic mass is 35.5. The molecule has 2 rings (SSSR count). The summed E-state index contributed by atoms with van der Waals surface area (Å²) in [5.41, 5.74) is 6.91. The number of hydrogen-bond donors (Lipinski definition) is 1. The van der Waals surface area contributed by atoms with Gasteiger partial charge in [0.25, 0.3) is 0 Å². The van der Waals surface area contributed by atoms with E-state index in [1.807, 2.05) is 19.1 Å². The van der Waals surface area contributed by atoms with Crippen molar-refractivity contribution in [2.45, 2.75) is 29.5 Å². The van der Waals surface area contributed by atoms with Crippen LogP contribution in [-0.4, -0.2) is 9.46 Å². The van der Waals surface area contributed by atoms with Gasteiger partial charge in [0.15, 0.2) is 0 Å². The SMILES string of the molecule is CC1CC(N)c2cccc(Cl)c2S1=O. The third-order valence-corrected chi connectivity index (χ3v) is 4.76. The molecule has 1 aliphatic heterocycles. The van der Waals surface area contributed by atoms with Crippen LogP contribution in [0.1, 0.15) is 24.9 Å². The molecular formula is C10H12ClNOS. The zero-order valence-corrected chi connectivity index (χ0v) is 9.44. The second-order valence-corrected chi connectivity index (χ2v) is 5.82. The van der Waals surface area contributed by atoms with Crippen LogP contribution in [-0.2, 0) is 10.8 Å². The quantitative estimate of drug-likeness (QED) is 0.742. The van der Waals surface area contributed by atoms with Gasteiger partial charge in [-0.2, -0.15) is 0 Å². The molecule has 4 heteroatoms. The van der Waals surface area contributed by atoms with E-state index in [0.29, 0.717) is 5.02 Å². The summed E-state index contributed by atoms with van der Waals surface area (Å²) >= 11 is 6.02. The molecule has 0 radical (unpaired) electrons. The predicted molar refractivity (Wildman–Crippen MR) is 58.9 cm³/mol. The predicted octanol–water partition coefficient (Wildman–Crippen LogP) is 2.24. The first-order valence-electron chi connectivity index (χ1n) is 4.56. The number of benzene rings is 1. The van der Waals surface area contributed by atoms with Gasteiger partial charge in [0.2, 0.25) is 0 Å². The van der Waals surface area contributed by atoms with Gasteiger partial charge in [0.05, 0.1) is 20.7 Å². The molecule has 1 aliphatic rings. The number of rotatable bonds is 0. The lowest BCUT2D eigenvalue weighted by Gasteiger charge is -2.26. The van der Waals surface area contributed by atoms with Gasteiger partial charge in [-0.25, -0.2) is 0 Å². The summed E-state index contributed by atoms with van der Waals surface area (Å²) < 4.78 is 12.0. The van der Waals surface area contributed by atoms with Crippen LogP contribution in [0.4, 0.5) is 0 Å². The van der Waals surface area contributed by atoms with Crippen molar-refractivity contribution < 1.29 is 4.21 Å². The monoisotopic (exact) mass is 229 g/mol. The molecule has 1 aromatic carbocycles. The van der Waals surface area contributed by atoms with E-state index in [-0.39, 0.29) is 11.3 Å². The Morgan fingerprint density at radius 2 is 2.29 bits per heavy atom. The molecule has 3 unspecified atom stereocenters. The van der Waals surface area contributed by atoms with E-state index in [9.17, 15) is 4.21 Å². The summed E-state index contributed by atoms with van der Waals surface area (Å²) in [6.45, 7) is 1.95. The zero-order chi connectivity index (χ0) is 10.3. The summed E-state index contributed by atoms with van der Waals surface area (Å²) in [7, 11) is -1.00. The van der Waals surface area contributed by atoms with Crippen LogP contribution in [0.25, 0.3) is 0 Å². The first-order valence-corrected chi connectivity index (χ1v) is 6.15. The fourth-order valence-corrected chi connectivity index (χ4v) is 3.71. The minimum absolute atomic E-state index is 0.0311. The highest BCUT2D eigenvalue weighted by Gasteiger charge is 2.29. The highest BCUT2D eigenvalue weighted by molar-refractivity contribution is 7.86. The Bertz CT molecular complexity index is 394. The highest BCUT2D eigenvalue weighted by Crippen LogP contribution is 2.36. The standard InChI is InChI=1S/C10H12ClNOS/c1-6-5-9(12)7-3-2-4-8(11)10(7)14(6)13/h2-4,6,9H,5,12H2,1H3. The van der Waals surface area contributed by atoms with Crippen molar-refractivity contribution in [1.29, 1.82) is 0 Å². The molecule has 0 amide bonds. The molecule has 0 saturated heterocycles. The van der Waals surface area contributed by atoms with Gasteiger partial charge in [-0.3, -0.25) is 4.21 Å². The lowest BCUT2D eigenvalue weighted by atomic mass is 10.0. The van der Waals surface area contributed by atoms with Gasteiger partial charge < -0.3 is 5.73 Å². The number of fused-ring (bicyclic) bond motifs is 1. The third-order valence-electron chi connectivity index (χ3n) is 2.55. The summed E-state index contributed by atoms with van der Waals surface area (Å²) in [6.07, 6.45) is 0.764. The summed E-state index contributed by atoms with van der Waals surface area (Å²) in [5.74, 6) is 0. The fraction of sp³-hybridized carbons (Fsp3) is 0.400. The van der Waals surface area contributed by atoms with Gasteiger partial charge in [0, 0.05) is 11.3 Å². The molecule has 0 aromatic heterocycles. The molecule has 76 valence electrons. The average Bonchev–Trinajstić information content (AvgIpc) is 2.14. The van der Waals surface area contributed by atoms with Crippen molar-refractivity contribution in [2.75, 3.05) is 0 Å². The Morgan fingerprint density at radius 3 is 3.00 bits per heavy atom. The van der Waals surface area contributed by atoms with E-state index in [2.05, 4.69) is 0 Å². The van der Waals surface area contributed by atoms with E-state index >= 15 is 0 Å².